The van der Waals surface area contributed by atoms with Crippen molar-refractivity contribution < 1.29 is 0 Å². The van der Waals surface area contributed by atoms with E-state index in [0.717, 1.165) is 32.6 Å². The van der Waals surface area contributed by atoms with Crippen LogP contribution in [0.5, 0.6) is 0 Å². The summed E-state index contributed by atoms with van der Waals surface area (Å²) >= 11 is 8.77. The molecular formula is C19H15N3S2. The largest absolute Gasteiger partial charge is 0.253 e. The standard InChI is InChI=1S/C19H15N3S2/c23-18-10-3-1-8-16(18)20-12-14-6-5-7-15(22-14)13-21-17-9-2-4-11-19(17)24/h1-13,23-24H. The van der Waals surface area contributed by atoms with Crippen LogP contribution in [0.2, 0.25) is 0 Å². The number of para-hydroxylation sites is 2. The topological polar surface area (TPSA) is 37.6 Å². The Kier molecular flexibility index (Phi) is 5.46. The van der Waals surface area contributed by atoms with Crippen molar-refractivity contribution in [3.05, 3.63) is 78.1 Å². The molecule has 0 aliphatic heterocycles. The summed E-state index contributed by atoms with van der Waals surface area (Å²) in [6, 6.07) is 21.1. The van der Waals surface area contributed by atoms with E-state index < -0.39 is 0 Å². The molecule has 0 atom stereocenters. The van der Waals surface area contributed by atoms with Gasteiger partial charge in [-0.3, -0.25) is 9.98 Å². The number of hydrogen-bond donors (Lipinski definition) is 2. The molecule has 0 aliphatic carbocycles. The van der Waals surface area contributed by atoms with Crippen LogP contribution in [-0.2, 0) is 0 Å². The first-order chi connectivity index (χ1) is 11.7. The second kappa shape index (κ2) is 7.95. The minimum atomic E-state index is 0.759. The number of rotatable bonds is 4. The van der Waals surface area contributed by atoms with Gasteiger partial charge in [0.25, 0.3) is 0 Å². The van der Waals surface area contributed by atoms with Crippen LogP contribution >= 0.6 is 25.3 Å². The van der Waals surface area contributed by atoms with E-state index in [0.29, 0.717) is 0 Å². The van der Waals surface area contributed by atoms with Crippen LogP contribution in [-0.4, -0.2) is 17.4 Å². The Labute approximate surface area is 152 Å². The average molecular weight is 349 g/mol. The van der Waals surface area contributed by atoms with Crippen LogP contribution in [0.3, 0.4) is 0 Å². The molecule has 24 heavy (non-hydrogen) atoms. The molecule has 3 aromatic rings. The third-order valence-corrected chi connectivity index (χ3v) is 3.98. The van der Waals surface area contributed by atoms with Crippen LogP contribution < -0.4 is 0 Å². The van der Waals surface area contributed by atoms with Crippen molar-refractivity contribution in [2.24, 2.45) is 9.98 Å². The van der Waals surface area contributed by atoms with Gasteiger partial charge in [-0.25, -0.2) is 4.98 Å². The van der Waals surface area contributed by atoms with Gasteiger partial charge in [0.1, 0.15) is 0 Å². The number of nitrogens with zero attached hydrogens (tertiary/aromatic N) is 3. The first kappa shape index (κ1) is 16.5. The van der Waals surface area contributed by atoms with E-state index in [4.69, 9.17) is 0 Å². The van der Waals surface area contributed by atoms with Crippen LogP contribution in [0.4, 0.5) is 11.4 Å². The molecule has 1 aromatic heterocycles. The SMILES string of the molecule is Sc1ccccc1N=Cc1cccc(C=Nc2ccccc2S)n1. The molecule has 118 valence electrons. The number of hydrogen-bond acceptors (Lipinski definition) is 5. The zero-order valence-corrected chi connectivity index (χ0v) is 14.5. The number of aromatic nitrogens is 1. The molecule has 0 radical (unpaired) electrons. The lowest BCUT2D eigenvalue weighted by Gasteiger charge is -1.99. The fourth-order valence-corrected chi connectivity index (χ4v) is 2.47. The average Bonchev–Trinajstić information content (AvgIpc) is 2.61. The Bertz CT molecular complexity index is 834. The lowest BCUT2D eigenvalue weighted by atomic mass is 10.3. The Morgan fingerprint density at radius 1 is 0.625 bits per heavy atom. The van der Waals surface area contributed by atoms with E-state index in [1.165, 1.54) is 0 Å². The smallest absolute Gasteiger partial charge is 0.0820 e. The van der Waals surface area contributed by atoms with Gasteiger partial charge < -0.3 is 0 Å². The van der Waals surface area contributed by atoms with Gasteiger partial charge >= 0.3 is 0 Å². The predicted octanol–water partition coefficient (Wildman–Crippen LogP) is 5.16. The van der Waals surface area contributed by atoms with Crippen molar-refractivity contribution in [2.75, 3.05) is 0 Å². The van der Waals surface area contributed by atoms with Gasteiger partial charge in [-0.2, -0.15) is 0 Å². The zero-order valence-electron chi connectivity index (χ0n) is 12.7. The Hall–Kier alpha value is -2.37. The highest BCUT2D eigenvalue weighted by molar-refractivity contribution is 7.80. The van der Waals surface area contributed by atoms with Crippen molar-refractivity contribution >= 4 is 49.1 Å². The third kappa shape index (κ3) is 4.34. The minimum absolute atomic E-state index is 0.759. The molecule has 3 rings (SSSR count). The summed E-state index contributed by atoms with van der Waals surface area (Å²) in [7, 11) is 0. The van der Waals surface area contributed by atoms with Gasteiger partial charge in [0, 0.05) is 9.79 Å². The van der Waals surface area contributed by atoms with E-state index in [1.54, 1.807) is 12.4 Å². The molecule has 0 bridgehead atoms. The minimum Gasteiger partial charge on any atom is -0.253 e. The van der Waals surface area contributed by atoms with Crippen molar-refractivity contribution in [3.63, 3.8) is 0 Å². The molecule has 0 spiro atoms. The van der Waals surface area contributed by atoms with E-state index in [9.17, 15) is 0 Å². The van der Waals surface area contributed by atoms with E-state index in [1.807, 2.05) is 66.7 Å². The molecule has 1 heterocycles. The second-order valence-electron chi connectivity index (χ2n) is 4.98. The Balaban J connectivity index is 1.80. The van der Waals surface area contributed by atoms with Crippen LogP contribution in [0.25, 0.3) is 0 Å². The van der Waals surface area contributed by atoms with Gasteiger partial charge in [-0.05, 0) is 36.4 Å². The molecule has 0 fully saturated rings. The number of thiol groups is 2. The normalized spacial score (nSPS) is 11.4. The van der Waals surface area contributed by atoms with Crippen LogP contribution in [0.1, 0.15) is 11.4 Å². The van der Waals surface area contributed by atoms with Crippen molar-refractivity contribution in [2.45, 2.75) is 9.79 Å². The predicted molar refractivity (Wildman–Crippen MR) is 106 cm³/mol. The maximum atomic E-state index is 4.51. The lowest BCUT2D eigenvalue weighted by Crippen LogP contribution is -1.93. The summed E-state index contributed by atoms with van der Waals surface area (Å²) in [6.07, 6.45) is 3.44. The monoisotopic (exact) mass is 349 g/mol. The van der Waals surface area contributed by atoms with Gasteiger partial charge in [0.15, 0.2) is 0 Å². The highest BCUT2D eigenvalue weighted by atomic mass is 32.1. The molecule has 2 aromatic carbocycles. The first-order valence-corrected chi connectivity index (χ1v) is 8.23. The van der Waals surface area contributed by atoms with Crippen LogP contribution in [0.15, 0.2) is 86.5 Å². The van der Waals surface area contributed by atoms with E-state index >= 15 is 0 Å². The fourth-order valence-electron chi connectivity index (χ4n) is 2.03. The quantitative estimate of drug-likeness (QED) is 0.495. The summed E-state index contributed by atoms with van der Waals surface area (Å²) in [5.74, 6) is 0. The molecule has 0 N–H and O–H groups in total. The fraction of sp³-hybridized carbons (Fsp3) is 0. The summed E-state index contributed by atoms with van der Waals surface area (Å²) in [5, 5.41) is 0. The van der Waals surface area contributed by atoms with Gasteiger partial charge in [0.05, 0.1) is 35.2 Å². The van der Waals surface area contributed by atoms with Gasteiger partial charge in [-0.15, -0.1) is 25.3 Å². The third-order valence-electron chi connectivity index (χ3n) is 3.23. The molecule has 0 amide bonds. The summed E-state index contributed by atoms with van der Waals surface area (Å²) < 4.78 is 0. The molecule has 0 unspecified atom stereocenters. The summed E-state index contributed by atoms with van der Waals surface area (Å²) in [4.78, 5) is 15.0. The second-order valence-corrected chi connectivity index (χ2v) is 5.94. The van der Waals surface area contributed by atoms with Crippen molar-refractivity contribution in [3.8, 4) is 0 Å². The van der Waals surface area contributed by atoms with Crippen molar-refractivity contribution in [1.82, 2.24) is 4.98 Å². The Morgan fingerprint density at radius 3 is 1.54 bits per heavy atom. The highest BCUT2D eigenvalue weighted by Crippen LogP contribution is 2.22. The molecule has 3 nitrogen and oxygen atoms in total. The number of pyridine rings is 1. The maximum Gasteiger partial charge on any atom is 0.0820 e. The molecule has 0 aliphatic rings. The van der Waals surface area contributed by atoms with Gasteiger partial charge in [0.2, 0.25) is 0 Å². The molecule has 0 saturated heterocycles. The van der Waals surface area contributed by atoms with E-state index in [-0.39, 0.29) is 0 Å². The molecule has 5 heteroatoms. The lowest BCUT2D eigenvalue weighted by molar-refractivity contribution is 1.27. The number of aliphatic imine (C=N–C) groups is 2. The van der Waals surface area contributed by atoms with E-state index in [2.05, 4.69) is 40.2 Å². The maximum absolute atomic E-state index is 4.51. The highest BCUT2D eigenvalue weighted by Gasteiger charge is 1.97. The summed E-state index contributed by atoms with van der Waals surface area (Å²) in [5.41, 5.74) is 3.14. The Morgan fingerprint density at radius 2 is 1.08 bits per heavy atom. The zero-order chi connectivity index (χ0) is 16.8. The first-order valence-electron chi connectivity index (χ1n) is 7.33. The van der Waals surface area contributed by atoms with Gasteiger partial charge in [-0.1, -0.05) is 30.3 Å². The van der Waals surface area contributed by atoms with Crippen molar-refractivity contribution in [1.29, 1.82) is 0 Å². The molecule has 0 saturated carbocycles. The number of benzene rings is 2. The summed E-state index contributed by atoms with van der Waals surface area (Å²) in [6.45, 7) is 0. The van der Waals surface area contributed by atoms with Crippen LogP contribution in [0, 0.1) is 0 Å². The molecular weight excluding hydrogens is 334 g/mol.